The van der Waals surface area contributed by atoms with Gasteiger partial charge in [-0.05, 0) is 51.6 Å². The number of hydrogen-bond acceptors (Lipinski definition) is 6. The molecule has 2 aromatic rings. The summed E-state index contributed by atoms with van der Waals surface area (Å²) in [5, 5.41) is 40.1. The maximum atomic E-state index is 10.2. The highest BCUT2D eigenvalue weighted by molar-refractivity contribution is 6.67. The molecule has 0 aliphatic heterocycles. The van der Waals surface area contributed by atoms with Gasteiger partial charge in [0.15, 0.2) is 23.5 Å². The Kier molecular flexibility index (Phi) is 8.06. The van der Waals surface area contributed by atoms with Crippen LogP contribution in [0.3, 0.4) is 0 Å². The zero-order valence-corrected chi connectivity index (χ0v) is 18.8. The van der Waals surface area contributed by atoms with Gasteiger partial charge in [-0.1, -0.05) is 0 Å². The van der Waals surface area contributed by atoms with Crippen molar-refractivity contribution in [1.29, 1.82) is 0 Å². The molecule has 0 aliphatic rings. The lowest BCUT2D eigenvalue weighted by molar-refractivity contribution is 0.239. The first-order chi connectivity index (χ1) is 13.8. The molecule has 2 rings (SSSR count). The summed E-state index contributed by atoms with van der Waals surface area (Å²) >= 11 is 0. The fourth-order valence-corrected chi connectivity index (χ4v) is 6.53. The highest BCUT2D eigenvalue weighted by Gasteiger charge is 2.34. The summed E-state index contributed by atoms with van der Waals surface area (Å²) in [7, 11) is 0.922. The number of hydrogen-bond donors (Lipinski definition) is 4. The van der Waals surface area contributed by atoms with Crippen molar-refractivity contribution in [3.05, 3.63) is 23.3 Å². The van der Waals surface area contributed by atoms with Gasteiger partial charge in [-0.25, -0.2) is 0 Å². The Hall–Kier alpha value is -2.10. The summed E-state index contributed by atoms with van der Waals surface area (Å²) in [5.74, 6) is 0.374. The Labute approximate surface area is 173 Å². The van der Waals surface area contributed by atoms with Crippen molar-refractivity contribution in [2.75, 3.05) is 14.2 Å². The molecule has 0 aromatic carbocycles. The van der Waals surface area contributed by atoms with Crippen molar-refractivity contribution in [3.63, 3.8) is 0 Å². The molecule has 0 saturated heterocycles. The van der Waals surface area contributed by atoms with E-state index in [9.17, 15) is 20.4 Å². The standard InChI is InChI=1S/C20H34N2O6Si/c1-5-21-17(23)13-15(19(21)25)9-7-11-29(27-3,28-4)12-8-10-16-14-18(24)22(6-2)20(16)26/h13-14,23-26H,5-12H2,1-4H3. The van der Waals surface area contributed by atoms with E-state index in [1.807, 2.05) is 13.8 Å². The van der Waals surface area contributed by atoms with Gasteiger partial charge in [-0.3, -0.25) is 9.13 Å². The fourth-order valence-electron chi connectivity index (χ4n) is 3.86. The highest BCUT2D eigenvalue weighted by Crippen LogP contribution is 2.32. The van der Waals surface area contributed by atoms with E-state index >= 15 is 0 Å². The number of rotatable bonds is 12. The van der Waals surface area contributed by atoms with Crippen molar-refractivity contribution >= 4 is 8.56 Å². The first-order valence-electron chi connectivity index (χ1n) is 10.1. The molecular formula is C20H34N2O6Si. The van der Waals surface area contributed by atoms with Gasteiger partial charge in [0, 0.05) is 50.6 Å². The first kappa shape index (κ1) is 23.2. The van der Waals surface area contributed by atoms with Crippen molar-refractivity contribution in [1.82, 2.24) is 9.13 Å². The molecule has 0 aliphatic carbocycles. The van der Waals surface area contributed by atoms with E-state index in [2.05, 4.69) is 0 Å². The van der Waals surface area contributed by atoms with Crippen LogP contribution in [-0.4, -0.2) is 52.3 Å². The van der Waals surface area contributed by atoms with Gasteiger partial charge < -0.3 is 29.3 Å². The van der Waals surface area contributed by atoms with Gasteiger partial charge in [-0.2, -0.15) is 0 Å². The van der Waals surface area contributed by atoms with Crippen LogP contribution in [0, 0.1) is 0 Å². The molecule has 0 amide bonds. The summed E-state index contributed by atoms with van der Waals surface area (Å²) in [5.41, 5.74) is 1.45. The first-order valence-corrected chi connectivity index (χ1v) is 12.4. The minimum Gasteiger partial charge on any atom is -0.494 e. The second-order valence-electron chi connectivity index (χ2n) is 7.22. The zero-order chi connectivity index (χ0) is 21.6. The van der Waals surface area contributed by atoms with E-state index in [1.165, 1.54) is 9.13 Å². The van der Waals surface area contributed by atoms with Crippen LogP contribution < -0.4 is 0 Å². The predicted octanol–water partition coefficient (Wildman–Crippen LogP) is 3.45. The molecule has 9 heteroatoms. The molecule has 8 nitrogen and oxygen atoms in total. The van der Waals surface area contributed by atoms with Crippen LogP contribution in [0.4, 0.5) is 0 Å². The summed E-state index contributed by atoms with van der Waals surface area (Å²) in [4.78, 5) is 0. The maximum Gasteiger partial charge on any atom is 0.337 e. The molecule has 0 radical (unpaired) electrons. The van der Waals surface area contributed by atoms with E-state index in [0.717, 1.165) is 36.1 Å². The summed E-state index contributed by atoms with van der Waals surface area (Å²) in [6, 6.07) is 4.72. The molecule has 164 valence electrons. The largest absolute Gasteiger partial charge is 0.494 e. The highest BCUT2D eigenvalue weighted by atomic mass is 28.4. The lowest BCUT2D eigenvalue weighted by Gasteiger charge is -2.27. The summed E-state index contributed by atoms with van der Waals surface area (Å²) in [6.07, 6.45) is 2.80. The fraction of sp³-hybridized carbons (Fsp3) is 0.600. The second kappa shape index (κ2) is 10.1. The van der Waals surface area contributed by atoms with Gasteiger partial charge in [0.2, 0.25) is 0 Å². The summed E-state index contributed by atoms with van der Waals surface area (Å²) < 4.78 is 14.6. The topological polar surface area (TPSA) is 109 Å². The average molecular weight is 427 g/mol. The Morgan fingerprint density at radius 3 is 1.41 bits per heavy atom. The molecule has 0 spiro atoms. The minimum atomic E-state index is -2.42. The zero-order valence-electron chi connectivity index (χ0n) is 17.8. The van der Waals surface area contributed by atoms with Crippen LogP contribution in [0.5, 0.6) is 23.5 Å². The van der Waals surface area contributed by atoms with Gasteiger partial charge in [-0.15, -0.1) is 0 Å². The molecule has 0 bridgehead atoms. The van der Waals surface area contributed by atoms with Crippen LogP contribution in [0.15, 0.2) is 12.1 Å². The van der Waals surface area contributed by atoms with E-state index in [4.69, 9.17) is 8.85 Å². The van der Waals surface area contributed by atoms with E-state index < -0.39 is 8.56 Å². The third-order valence-electron chi connectivity index (χ3n) is 5.63. The van der Waals surface area contributed by atoms with Crippen molar-refractivity contribution in [3.8, 4) is 23.5 Å². The molecule has 0 fully saturated rings. The molecular weight excluding hydrogens is 392 g/mol. The van der Waals surface area contributed by atoms with Gasteiger partial charge in [0.05, 0.1) is 0 Å². The van der Waals surface area contributed by atoms with Crippen LogP contribution >= 0.6 is 0 Å². The SMILES string of the molecule is CCn1c(O)cc(CCC[Si](CCCc2cc(O)n(CC)c2O)(OC)OC)c1O. The van der Waals surface area contributed by atoms with Crippen molar-refractivity contribution in [2.24, 2.45) is 0 Å². The predicted molar refractivity (Wildman–Crippen MR) is 113 cm³/mol. The Morgan fingerprint density at radius 2 is 1.14 bits per heavy atom. The van der Waals surface area contributed by atoms with Gasteiger partial charge in [0.25, 0.3) is 0 Å². The number of aromatic hydroxyl groups is 4. The molecule has 2 aromatic heterocycles. The third kappa shape index (κ3) is 5.09. The van der Waals surface area contributed by atoms with Crippen LogP contribution in [-0.2, 0) is 34.8 Å². The molecule has 29 heavy (non-hydrogen) atoms. The molecule has 0 atom stereocenters. The average Bonchev–Trinajstić information content (AvgIpc) is 3.14. The van der Waals surface area contributed by atoms with E-state index in [-0.39, 0.29) is 23.5 Å². The number of aryl methyl sites for hydroxylation is 2. The van der Waals surface area contributed by atoms with Crippen LogP contribution in [0.2, 0.25) is 12.1 Å². The molecule has 0 saturated carbocycles. The quantitative estimate of drug-likeness (QED) is 0.387. The third-order valence-corrected chi connectivity index (χ3v) is 9.35. The van der Waals surface area contributed by atoms with E-state index in [1.54, 1.807) is 26.4 Å². The second-order valence-corrected chi connectivity index (χ2v) is 10.9. The van der Waals surface area contributed by atoms with Gasteiger partial charge >= 0.3 is 8.56 Å². The summed E-state index contributed by atoms with van der Waals surface area (Å²) in [6.45, 7) is 4.75. The van der Waals surface area contributed by atoms with Crippen LogP contribution in [0.25, 0.3) is 0 Å². The molecule has 2 heterocycles. The van der Waals surface area contributed by atoms with Gasteiger partial charge in [0.1, 0.15) is 0 Å². The van der Waals surface area contributed by atoms with Crippen molar-refractivity contribution < 1.29 is 29.3 Å². The minimum absolute atomic E-state index is 0.0732. The van der Waals surface area contributed by atoms with Crippen LogP contribution in [0.1, 0.15) is 37.8 Å². The van der Waals surface area contributed by atoms with Crippen molar-refractivity contribution in [2.45, 2.75) is 64.7 Å². The van der Waals surface area contributed by atoms with E-state index in [0.29, 0.717) is 25.9 Å². The number of nitrogens with zero attached hydrogens (tertiary/aromatic N) is 2. The Bertz CT molecular complexity index is 735. The maximum absolute atomic E-state index is 10.2. The lowest BCUT2D eigenvalue weighted by Crippen LogP contribution is -2.40. The molecule has 0 unspecified atom stereocenters. The molecule has 4 N–H and O–H groups in total. The number of aromatic nitrogens is 2. The lowest BCUT2D eigenvalue weighted by atomic mass is 10.2. The normalized spacial score (nSPS) is 12.0. The monoisotopic (exact) mass is 426 g/mol. The smallest absolute Gasteiger partial charge is 0.337 e. The Balaban J connectivity index is 1.94. The Morgan fingerprint density at radius 1 is 0.759 bits per heavy atom.